The second-order valence-corrected chi connectivity index (χ2v) is 9.15. The average molecular weight is 431 g/mol. The number of nitrogens with one attached hydrogen (secondary N) is 1. The van der Waals surface area contributed by atoms with Crippen LogP contribution in [0.25, 0.3) is 0 Å². The number of halogens is 2. The van der Waals surface area contributed by atoms with Crippen LogP contribution in [-0.2, 0) is 6.42 Å². The van der Waals surface area contributed by atoms with Gasteiger partial charge in [0.2, 0.25) is 0 Å². The lowest BCUT2D eigenvalue weighted by molar-refractivity contribution is 0.138. The smallest absolute Gasteiger partial charge is 0.123 e. The summed E-state index contributed by atoms with van der Waals surface area (Å²) in [5.74, 6) is 1.02. The molecule has 0 saturated heterocycles. The Morgan fingerprint density at radius 1 is 1.29 bits per heavy atom. The Labute approximate surface area is 146 Å². The predicted octanol–water partition coefficient (Wildman–Crippen LogP) is 5.30. The van der Waals surface area contributed by atoms with Crippen LogP contribution in [0.1, 0.15) is 35.9 Å². The minimum atomic E-state index is -0.0922. The van der Waals surface area contributed by atoms with Gasteiger partial charge in [0.15, 0.2) is 0 Å². The van der Waals surface area contributed by atoms with E-state index in [4.69, 9.17) is 4.74 Å². The molecule has 3 rings (SSSR count). The van der Waals surface area contributed by atoms with Gasteiger partial charge in [-0.1, -0.05) is 12.1 Å². The van der Waals surface area contributed by atoms with Gasteiger partial charge in [-0.2, -0.15) is 0 Å². The van der Waals surface area contributed by atoms with E-state index in [0.717, 1.165) is 20.4 Å². The first-order valence-corrected chi connectivity index (χ1v) is 9.24. The Morgan fingerprint density at radius 3 is 2.67 bits per heavy atom. The lowest BCUT2D eigenvalue weighted by Crippen LogP contribution is -2.24. The lowest BCUT2D eigenvalue weighted by Gasteiger charge is -2.16. The molecule has 2 nitrogen and oxygen atoms in total. The molecule has 0 radical (unpaired) electrons. The van der Waals surface area contributed by atoms with Gasteiger partial charge in [-0.05, 0) is 76.0 Å². The first kappa shape index (κ1) is 15.5. The van der Waals surface area contributed by atoms with Crippen LogP contribution in [0.15, 0.2) is 32.5 Å². The fourth-order valence-corrected chi connectivity index (χ4v) is 5.02. The molecule has 112 valence electrons. The van der Waals surface area contributed by atoms with Gasteiger partial charge in [-0.25, -0.2) is 0 Å². The summed E-state index contributed by atoms with van der Waals surface area (Å²) in [6, 6.07) is 8.90. The van der Waals surface area contributed by atoms with E-state index in [2.05, 4.69) is 75.3 Å². The molecular formula is C16H17Br2NOS. The van der Waals surface area contributed by atoms with E-state index in [1.54, 1.807) is 11.3 Å². The molecule has 1 aliphatic rings. The van der Waals surface area contributed by atoms with Crippen molar-refractivity contribution in [3.8, 4) is 5.75 Å². The molecule has 1 aromatic heterocycles. The van der Waals surface area contributed by atoms with Crippen LogP contribution in [0.2, 0.25) is 0 Å². The van der Waals surface area contributed by atoms with Gasteiger partial charge >= 0.3 is 0 Å². The van der Waals surface area contributed by atoms with Crippen LogP contribution >= 0.6 is 43.2 Å². The predicted molar refractivity (Wildman–Crippen MR) is 95.5 cm³/mol. The number of benzene rings is 1. The van der Waals surface area contributed by atoms with Crippen molar-refractivity contribution in [3.63, 3.8) is 0 Å². The Bertz CT molecular complexity index is 661. The zero-order valence-electron chi connectivity index (χ0n) is 12.2. The van der Waals surface area contributed by atoms with Crippen molar-refractivity contribution in [3.05, 3.63) is 48.5 Å². The summed E-state index contributed by atoms with van der Waals surface area (Å²) >= 11 is 8.89. The average Bonchev–Trinajstić information content (AvgIpc) is 2.88. The Kier molecular flexibility index (Phi) is 4.21. The highest BCUT2D eigenvalue weighted by molar-refractivity contribution is 9.13. The van der Waals surface area contributed by atoms with Gasteiger partial charge in [-0.15, -0.1) is 11.3 Å². The maximum absolute atomic E-state index is 5.96. The summed E-state index contributed by atoms with van der Waals surface area (Å²) < 4.78 is 8.19. The third kappa shape index (κ3) is 3.07. The quantitative estimate of drug-likeness (QED) is 0.713. The van der Waals surface area contributed by atoms with Crippen molar-refractivity contribution in [1.29, 1.82) is 0 Å². The molecule has 5 heteroatoms. The molecule has 2 aromatic rings. The van der Waals surface area contributed by atoms with E-state index in [1.807, 2.05) is 7.05 Å². The summed E-state index contributed by atoms with van der Waals surface area (Å²) in [7, 11) is 2.00. The van der Waals surface area contributed by atoms with Gasteiger partial charge in [-0.3, -0.25) is 0 Å². The molecule has 0 aliphatic carbocycles. The summed E-state index contributed by atoms with van der Waals surface area (Å²) in [5, 5.41) is 3.42. The number of ether oxygens (including phenoxy) is 1. The SMILES string of the molecule is CNC(c1ccc2c(c1)CC(C)(C)O2)c1cc(Br)c(Br)s1. The number of thiophene rings is 1. The molecule has 1 aromatic carbocycles. The maximum Gasteiger partial charge on any atom is 0.123 e. The Hall–Kier alpha value is -0.360. The molecule has 0 fully saturated rings. The van der Waals surface area contributed by atoms with Gasteiger partial charge in [0, 0.05) is 15.8 Å². The molecule has 0 saturated carbocycles. The molecule has 1 atom stereocenters. The van der Waals surface area contributed by atoms with E-state index >= 15 is 0 Å². The number of rotatable bonds is 3. The van der Waals surface area contributed by atoms with Crippen molar-refractivity contribution < 1.29 is 4.74 Å². The van der Waals surface area contributed by atoms with Crippen LogP contribution in [-0.4, -0.2) is 12.6 Å². The van der Waals surface area contributed by atoms with Crippen molar-refractivity contribution in [1.82, 2.24) is 5.32 Å². The van der Waals surface area contributed by atoms with E-state index in [9.17, 15) is 0 Å². The summed E-state index contributed by atoms with van der Waals surface area (Å²) in [6.07, 6.45) is 0.963. The maximum atomic E-state index is 5.96. The van der Waals surface area contributed by atoms with Crippen LogP contribution in [0, 0.1) is 0 Å². The van der Waals surface area contributed by atoms with Crippen LogP contribution in [0.4, 0.5) is 0 Å². The van der Waals surface area contributed by atoms with Crippen molar-refractivity contribution in [2.45, 2.75) is 31.9 Å². The van der Waals surface area contributed by atoms with Crippen LogP contribution < -0.4 is 10.1 Å². The van der Waals surface area contributed by atoms with Crippen molar-refractivity contribution in [2.24, 2.45) is 0 Å². The normalized spacial score (nSPS) is 17.4. The van der Waals surface area contributed by atoms with Gasteiger partial charge < -0.3 is 10.1 Å². The lowest BCUT2D eigenvalue weighted by atomic mass is 9.97. The number of fused-ring (bicyclic) bond motifs is 1. The zero-order valence-corrected chi connectivity index (χ0v) is 16.2. The van der Waals surface area contributed by atoms with Crippen LogP contribution in [0.3, 0.4) is 0 Å². The summed E-state index contributed by atoms with van der Waals surface area (Å²) in [4.78, 5) is 1.29. The number of hydrogen-bond acceptors (Lipinski definition) is 3. The third-order valence-corrected chi connectivity index (χ3v) is 6.98. The molecule has 1 aliphatic heterocycles. The standard InChI is InChI=1S/C16H17Br2NOS/c1-16(2)8-10-6-9(4-5-12(10)20-16)14(19-3)13-7-11(17)15(18)21-13/h4-7,14,19H,8H2,1-3H3. The van der Waals surface area contributed by atoms with E-state index in [-0.39, 0.29) is 11.6 Å². The van der Waals surface area contributed by atoms with Crippen LogP contribution in [0.5, 0.6) is 5.75 Å². The van der Waals surface area contributed by atoms with Gasteiger partial charge in [0.05, 0.1) is 9.83 Å². The molecule has 1 unspecified atom stereocenters. The van der Waals surface area contributed by atoms with Gasteiger partial charge in [0.1, 0.15) is 11.4 Å². The van der Waals surface area contributed by atoms with E-state index < -0.39 is 0 Å². The Balaban J connectivity index is 1.96. The molecule has 21 heavy (non-hydrogen) atoms. The third-order valence-electron chi connectivity index (χ3n) is 3.66. The largest absolute Gasteiger partial charge is 0.487 e. The highest BCUT2D eigenvalue weighted by Gasteiger charge is 2.30. The van der Waals surface area contributed by atoms with Crippen molar-refractivity contribution in [2.75, 3.05) is 7.05 Å². The summed E-state index contributed by atoms with van der Waals surface area (Å²) in [5.41, 5.74) is 2.48. The minimum Gasteiger partial charge on any atom is -0.487 e. The number of hydrogen-bond donors (Lipinski definition) is 1. The second kappa shape index (κ2) is 5.69. The molecule has 0 amide bonds. The molecule has 0 spiro atoms. The van der Waals surface area contributed by atoms with Gasteiger partial charge in [0.25, 0.3) is 0 Å². The first-order valence-electron chi connectivity index (χ1n) is 6.83. The van der Waals surface area contributed by atoms with E-state index in [0.29, 0.717) is 0 Å². The monoisotopic (exact) mass is 429 g/mol. The van der Waals surface area contributed by atoms with E-state index in [1.165, 1.54) is 16.0 Å². The topological polar surface area (TPSA) is 21.3 Å². The molecular weight excluding hydrogens is 414 g/mol. The highest BCUT2D eigenvalue weighted by atomic mass is 79.9. The molecule has 0 bridgehead atoms. The second-order valence-electron chi connectivity index (χ2n) is 5.90. The highest BCUT2D eigenvalue weighted by Crippen LogP contribution is 2.40. The fraction of sp³-hybridized carbons (Fsp3) is 0.375. The fourth-order valence-electron chi connectivity index (χ4n) is 2.79. The molecule has 1 N–H and O–H groups in total. The Morgan fingerprint density at radius 2 is 2.05 bits per heavy atom. The summed E-state index contributed by atoms with van der Waals surface area (Å²) in [6.45, 7) is 4.27. The minimum absolute atomic E-state index is 0.0922. The molecule has 2 heterocycles. The zero-order chi connectivity index (χ0) is 15.2. The first-order chi connectivity index (χ1) is 9.89. The van der Waals surface area contributed by atoms with Crippen molar-refractivity contribution >= 4 is 43.2 Å².